The summed E-state index contributed by atoms with van der Waals surface area (Å²) in [6, 6.07) is 5.15. The van der Waals surface area contributed by atoms with Crippen LogP contribution in [-0.2, 0) is 4.79 Å². The summed E-state index contributed by atoms with van der Waals surface area (Å²) in [6.45, 7) is 1.46. The normalized spacial score (nSPS) is 12.6. The number of aromatic amines is 1. The van der Waals surface area contributed by atoms with Crippen LogP contribution in [0, 0.1) is 0 Å². The molecule has 2 aromatic rings. The summed E-state index contributed by atoms with van der Waals surface area (Å²) in [7, 11) is 0. The van der Waals surface area contributed by atoms with E-state index in [-0.39, 0.29) is 0 Å². The van der Waals surface area contributed by atoms with E-state index in [1.165, 1.54) is 6.92 Å². The van der Waals surface area contributed by atoms with Gasteiger partial charge in [0.25, 0.3) is 0 Å². The maximum Gasteiger partial charge on any atom is 0.344 e. The number of aliphatic carboxylic acids is 1. The topological polar surface area (TPSA) is 88.1 Å². The Hall–Kier alpha value is -2.11. The Morgan fingerprint density at radius 1 is 1.53 bits per heavy atom. The maximum atomic E-state index is 10.6. The minimum Gasteiger partial charge on any atom is -0.479 e. The van der Waals surface area contributed by atoms with E-state index < -0.39 is 12.1 Å². The lowest BCUT2D eigenvalue weighted by Crippen LogP contribution is -2.22. The van der Waals surface area contributed by atoms with Crippen molar-refractivity contribution in [2.24, 2.45) is 0 Å². The predicted octanol–water partition coefficient (Wildman–Crippen LogP) is 0.810. The van der Waals surface area contributed by atoms with Gasteiger partial charge in [0.1, 0.15) is 11.3 Å². The first-order valence-corrected chi connectivity index (χ1v) is 4.37. The van der Waals surface area contributed by atoms with Crippen LogP contribution in [0.4, 0.5) is 0 Å². The fourth-order valence-corrected chi connectivity index (χ4v) is 1.18. The SMILES string of the molecule is CC(Oc1cccc2n[nH]nc12)C(=O)O. The van der Waals surface area contributed by atoms with Gasteiger partial charge < -0.3 is 9.84 Å². The molecule has 0 saturated carbocycles. The summed E-state index contributed by atoms with van der Waals surface area (Å²) >= 11 is 0. The number of para-hydroxylation sites is 1. The summed E-state index contributed by atoms with van der Waals surface area (Å²) in [5.74, 6) is -0.605. The van der Waals surface area contributed by atoms with Gasteiger partial charge in [0, 0.05) is 0 Å². The summed E-state index contributed by atoms with van der Waals surface area (Å²) in [6.07, 6.45) is -0.910. The molecular weight excluding hydrogens is 198 g/mol. The molecule has 2 N–H and O–H groups in total. The molecule has 1 heterocycles. The highest BCUT2D eigenvalue weighted by atomic mass is 16.5. The number of H-pyrrole nitrogens is 1. The average Bonchev–Trinajstić information content (AvgIpc) is 2.66. The lowest BCUT2D eigenvalue weighted by atomic mass is 10.3. The minimum atomic E-state index is -1.02. The van der Waals surface area contributed by atoms with Crippen LogP contribution < -0.4 is 4.74 Å². The summed E-state index contributed by atoms with van der Waals surface area (Å²) in [4.78, 5) is 10.6. The van der Waals surface area contributed by atoms with Crippen LogP contribution in [0.25, 0.3) is 11.0 Å². The number of aromatic nitrogens is 3. The Morgan fingerprint density at radius 2 is 2.33 bits per heavy atom. The molecule has 1 aromatic carbocycles. The van der Waals surface area contributed by atoms with Gasteiger partial charge in [0.15, 0.2) is 11.6 Å². The smallest absolute Gasteiger partial charge is 0.344 e. The molecule has 0 spiro atoms. The Balaban J connectivity index is 2.35. The molecule has 0 bridgehead atoms. The van der Waals surface area contributed by atoms with Gasteiger partial charge in [-0.25, -0.2) is 4.79 Å². The van der Waals surface area contributed by atoms with Crippen LogP contribution in [-0.4, -0.2) is 32.6 Å². The molecule has 6 nitrogen and oxygen atoms in total. The zero-order valence-corrected chi connectivity index (χ0v) is 7.97. The Kier molecular flexibility index (Phi) is 2.24. The summed E-state index contributed by atoms with van der Waals surface area (Å²) in [5.41, 5.74) is 1.18. The van der Waals surface area contributed by atoms with Crippen LogP contribution in [0.2, 0.25) is 0 Å². The van der Waals surface area contributed by atoms with Crippen molar-refractivity contribution in [3.05, 3.63) is 18.2 Å². The van der Waals surface area contributed by atoms with E-state index in [0.29, 0.717) is 16.8 Å². The van der Waals surface area contributed by atoms with Gasteiger partial charge in [0.05, 0.1) is 0 Å². The van der Waals surface area contributed by atoms with E-state index in [0.717, 1.165) is 0 Å². The van der Waals surface area contributed by atoms with Crippen molar-refractivity contribution in [3.63, 3.8) is 0 Å². The summed E-state index contributed by atoms with van der Waals surface area (Å²) < 4.78 is 5.23. The third-order valence-electron chi connectivity index (χ3n) is 1.96. The van der Waals surface area contributed by atoms with Crippen molar-refractivity contribution in [1.82, 2.24) is 15.4 Å². The van der Waals surface area contributed by atoms with Gasteiger partial charge in [-0.1, -0.05) is 6.07 Å². The molecule has 1 aromatic heterocycles. The molecule has 0 amide bonds. The second kappa shape index (κ2) is 3.56. The second-order valence-electron chi connectivity index (χ2n) is 3.05. The van der Waals surface area contributed by atoms with E-state index in [1.54, 1.807) is 18.2 Å². The number of benzene rings is 1. The van der Waals surface area contributed by atoms with Gasteiger partial charge >= 0.3 is 5.97 Å². The monoisotopic (exact) mass is 207 g/mol. The zero-order chi connectivity index (χ0) is 10.8. The van der Waals surface area contributed by atoms with Gasteiger partial charge in [-0.05, 0) is 19.1 Å². The fourth-order valence-electron chi connectivity index (χ4n) is 1.18. The third-order valence-corrected chi connectivity index (χ3v) is 1.96. The lowest BCUT2D eigenvalue weighted by Gasteiger charge is -2.09. The van der Waals surface area contributed by atoms with Crippen LogP contribution >= 0.6 is 0 Å². The van der Waals surface area contributed by atoms with Crippen molar-refractivity contribution in [2.75, 3.05) is 0 Å². The van der Waals surface area contributed by atoms with Crippen molar-refractivity contribution < 1.29 is 14.6 Å². The van der Waals surface area contributed by atoms with E-state index in [1.807, 2.05) is 0 Å². The Bertz CT molecular complexity index is 494. The molecule has 0 aliphatic rings. The number of rotatable bonds is 3. The predicted molar refractivity (Wildman–Crippen MR) is 51.6 cm³/mol. The number of hydrogen-bond acceptors (Lipinski definition) is 4. The molecule has 15 heavy (non-hydrogen) atoms. The molecule has 0 saturated heterocycles. The highest BCUT2D eigenvalue weighted by molar-refractivity contribution is 5.81. The molecule has 1 atom stereocenters. The van der Waals surface area contributed by atoms with Gasteiger partial charge in [-0.15, -0.1) is 0 Å². The minimum absolute atomic E-state index is 0.413. The van der Waals surface area contributed by atoms with Gasteiger partial charge in [0.2, 0.25) is 0 Å². The van der Waals surface area contributed by atoms with Crippen molar-refractivity contribution in [3.8, 4) is 5.75 Å². The fraction of sp³-hybridized carbons (Fsp3) is 0.222. The third kappa shape index (κ3) is 1.74. The molecule has 0 aliphatic carbocycles. The Morgan fingerprint density at radius 3 is 3.07 bits per heavy atom. The van der Waals surface area contributed by atoms with E-state index >= 15 is 0 Å². The standard InChI is InChI=1S/C9H9N3O3/c1-5(9(13)14)15-7-4-2-3-6-8(7)11-12-10-6/h2-5H,1H3,(H,13,14)(H,10,11,12). The first-order chi connectivity index (χ1) is 7.18. The van der Waals surface area contributed by atoms with Crippen molar-refractivity contribution in [2.45, 2.75) is 13.0 Å². The van der Waals surface area contributed by atoms with E-state index in [2.05, 4.69) is 15.4 Å². The second-order valence-corrected chi connectivity index (χ2v) is 3.05. The highest BCUT2D eigenvalue weighted by Crippen LogP contribution is 2.22. The van der Waals surface area contributed by atoms with E-state index in [9.17, 15) is 4.79 Å². The number of fused-ring (bicyclic) bond motifs is 1. The molecule has 2 rings (SSSR count). The number of carbonyl (C=O) groups is 1. The average molecular weight is 207 g/mol. The first-order valence-electron chi connectivity index (χ1n) is 4.37. The zero-order valence-electron chi connectivity index (χ0n) is 7.97. The summed E-state index contributed by atoms with van der Waals surface area (Å²) in [5, 5.41) is 18.9. The number of carboxylic acid groups (broad SMARTS) is 1. The number of nitrogens with zero attached hydrogens (tertiary/aromatic N) is 2. The number of hydrogen-bond donors (Lipinski definition) is 2. The van der Waals surface area contributed by atoms with Gasteiger partial charge in [-0.2, -0.15) is 15.4 Å². The molecule has 0 aliphatic heterocycles. The van der Waals surface area contributed by atoms with Crippen LogP contribution in [0.15, 0.2) is 18.2 Å². The molecule has 6 heteroatoms. The quantitative estimate of drug-likeness (QED) is 0.777. The first kappa shape index (κ1) is 9.45. The van der Waals surface area contributed by atoms with Crippen molar-refractivity contribution >= 4 is 17.0 Å². The lowest BCUT2D eigenvalue weighted by molar-refractivity contribution is -0.144. The van der Waals surface area contributed by atoms with Crippen LogP contribution in [0.3, 0.4) is 0 Å². The Labute approximate surface area is 84.9 Å². The van der Waals surface area contributed by atoms with E-state index in [4.69, 9.17) is 9.84 Å². The number of nitrogens with one attached hydrogen (secondary N) is 1. The molecule has 0 fully saturated rings. The molecule has 78 valence electrons. The largest absolute Gasteiger partial charge is 0.479 e. The number of carboxylic acids is 1. The van der Waals surface area contributed by atoms with Crippen molar-refractivity contribution in [1.29, 1.82) is 0 Å². The number of ether oxygens (including phenoxy) is 1. The van der Waals surface area contributed by atoms with Gasteiger partial charge in [-0.3, -0.25) is 0 Å². The molecule has 0 radical (unpaired) electrons. The highest BCUT2D eigenvalue weighted by Gasteiger charge is 2.15. The molecule has 1 unspecified atom stereocenters. The van der Waals surface area contributed by atoms with Crippen LogP contribution in [0.1, 0.15) is 6.92 Å². The molecular formula is C9H9N3O3. The maximum absolute atomic E-state index is 10.6. The van der Waals surface area contributed by atoms with Crippen LogP contribution in [0.5, 0.6) is 5.75 Å².